The van der Waals surface area contributed by atoms with Crippen molar-refractivity contribution in [2.75, 3.05) is 20.3 Å². The van der Waals surface area contributed by atoms with Gasteiger partial charge in [-0.15, -0.1) is 0 Å². The van der Waals surface area contributed by atoms with Crippen LogP contribution in [0.3, 0.4) is 0 Å². The van der Waals surface area contributed by atoms with Gasteiger partial charge in [-0.2, -0.15) is 0 Å². The maximum absolute atomic E-state index is 12.3. The van der Waals surface area contributed by atoms with Crippen molar-refractivity contribution < 1.29 is 24.2 Å². The second kappa shape index (κ2) is 9.44. The van der Waals surface area contributed by atoms with E-state index in [9.17, 15) is 9.59 Å². The van der Waals surface area contributed by atoms with Gasteiger partial charge in [-0.25, -0.2) is 4.79 Å². The number of hydrogen-bond acceptors (Lipinski definition) is 4. The zero-order valence-electron chi connectivity index (χ0n) is 14.0. The number of ether oxygens (including phenoxy) is 2. The van der Waals surface area contributed by atoms with E-state index in [1.807, 2.05) is 42.5 Å². The van der Waals surface area contributed by atoms with Crippen molar-refractivity contribution in [3.8, 4) is 5.75 Å². The van der Waals surface area contributed by atoms with Crippen LogP contribution in [0.25, 0.3) is 0 Å². The highest BCUT2D eigenvalue weighted by molar-refractivity contribution is 5.82. The third-order valence-electron chi connectivity index (χ3n) is 3.57. The Morgan fingerprint density at radius 3 is 2.36 bits per heavy atom. The van der Waals surface area contributed by atoms with Gasteiger partial charge in [0.15, 0.2) is 12.7 Å². The predicted molar refractivity (Wildman–Crippen MR) is 92.5 cm³/mol. The van der Waals surface area contributed by atoms with Crippen LogP contribution in [0.15, 0.2) is 54.6 Å². The molecule has 25 heavy (non-hydrogen) atoms. The first-order chi connectivity index (χ1) is 12.1. The van der Waals surface area contributed by atoms with Crippen LogP contribution < -0.4 is 10.1 Å². The van der Waals surface area contributed by atoms with Gasteiger partial charge in [-0.3, -0.25) is 4.79 Å². The summed E-state index contributed by atoms with van der Waals surface area (Å²) in [6.07, 6.45) is 0.0175. The third-order valence-corrected chi connectivity index (χ3v) is 3.57. The first-order valence-electron chi connectivity index (χ1n) is 7.89. The Morgan fingerprint density at radius 1 is 1.08 bits per heavy atom. The van der Waals surface area contributed by atoms with Crippen LogP contribution in [0, 0.1) is 0 Å². The van der Waals surface area contributed by atoms with Gasteiger partial charge in [0.05, 0.1) is 0 Å². The Hall–Kier alpha value is -2.86. The minimum absolute atomic E-state index is 0.185. The van der Waals surface area contributed by atoms with Crippen LogP contribution in [0.1, 0.15) is 17.2 Å². The Kier molecular flexibility index (Phi) is 6.98. The van der Waals surface area contributed by atoms with Gasteiger partial charge >= 0.3 is 5.97 Å². The summed E-state index contributed by atoms with van der Waals surface area (Å²) in [5, 5.41) is 11.4. The van der Waals surface area contributed by atoms with E-state index in [0.29, 0.717) is 18.7 Å². The number of carboxylic acids is 1. The smallest absolute Gasteiger partial charge is 0.341 e. The largest absolute Gasteiger partial charge is 0.482 e. The molecule has 0 aromatic heterocycles. The van der Waals surface area contributed by atoms with Crippen molar-refractivity contribution in [2.45, 2.75) is 12.5 Å². The van der Waals surface area contributed by atoms with Crippen LogP contribution in [-0.2, 0) is 20.7 Å². The summed E-state index contributed by atoms with van der Waals surface area (Å²) in [6.45, 7) is 0.105. The third kappa shape index (κ3) is 5.93. The zero-order chi connectivity index (χ0) is 18.1. The number of carboxylic acid groups (broad SMARTS) is 1. The molecule has 0 heterocycles. The average molecular weight is 343 g/mol. The lowest BCUT2D eigenvalue weighted by atomic mass is 10.1. The molecule has 2 rings (SSSR count). The lowest BCUT2D eigenvalue weighted by Crippen LogP contribution is -2.31. The maximum atomic E-state index is 12.3. The van der Waals surface area contributed by atoms with Crippen molar-refractivity contribution in [1.82, 2.24) is 5.32 Å². The highest BCUT2D eigenvalue weighted by Crippen LogP contribution is 2.16. The molecular weight excluding hydrogens is 322 g/mol. The Balaban J connectivity index is 1.81. The second-order valence-corrected chi connectivity index (χ2v) is 5.39. The van der Waals surface area contributed by atoms with Gasteiger partial charge in [-0.1, -0.05) is 42.5 Å². The lowest BCUT2D eigenvalue weighted by molar-refractivity contribution is -0.139. The van der Waals surface area contributed by atoms with E-state index in [1.165, 1.54) is 7.11 Å². The second-order valence-electron chi connectivity index (χ2n) is 5.39. The van der Waals surface area contributed by atoms with Crippen LogP contribution >= 0.6 is 0 Å². The molecule has 1 amide bonds. The molecule has 0 fully saturated rings. The topological polar surface area (TPSA) is 84.9 Å². The molecule has 0 saturated heterocycles. The van der Waals surface area contributed by atoms with Crippen LogP contribution in [0.2, 0.25) is 0 Å². The molecule has 0 radical (unpaired) electrons. The number of nitrogens with one attached hydrogen (secondary N) is 1. The quantitative estimate of drug-likeness (QED) is 0.729. The number of rotatable bonds is 9. The van der Waals surface area contributed by atoms with E-state index >= 15 is 0 Å². The Morgan fingerprint density at radius 2 is 1.76 bits per heavy atom. The number of carbonyl (C=O) groups is 2. The molecule has 6 nitrogen and oxygen atoms in total. The molecule has 132 valence electrons. The van der Waals surface area contributed by atoms with Crippen molar-refractivity contribution in [3.05, 3.63) is 65.7 Å². The number of methoxy groups -OCH3 is 1. The summed E-state index contributed by atoms with van der Waals surface area (Å²) < 4.78 is 10.4. The number of aliphatic carboxylic acids is 1. The van der Waals surface area contributed by atoms with Gasteiger partial charge in [-0.05, 0) is 29.7 Å². The molecule has 2 aromatic carbocycles. The average Bonchev–Trinajstić information content (AvgIpc) is 2.62. The highest BCUT2D eigenvalue weighted by Gasteiger charge is 2.18. The predicted octanol–water partition coefficient (Wildman–Crippen LogP) is 2.20. The van der Waals surface area contributed by atoms with E-state index in [-0.39, 0.29) is 12.5 Å². The van der Waals surface area contributed by atoms with Crippen LogP contribution in [0.4, 0.5) is 0 Å². The van der Waals surface area contributed by atoms with Gasteiger partial charge in [0.25, 0.3) is 5.91 Å². The fourth-order valence-corrected chi connectivity index (χ4v) is 2.34. The Bertz CT molecular complexity index is 685. The number of hydrogen-bond donors (Lipinski definition) is 2. The SMILES string of the molecule is COC(C(=O)NCCc1ccc(OCC(=O)O)cc1)c1ccccc1. The molecule has 0 aliphatic carbocycles. The van der Waals surface area contributed by atoms with Gasteiger partial charge in [0, 0.05) is 13.7 Å². The fraction of sp³-hybridized carbons (Fsp3) is 0.263. The van der Waals surface area contributed by atoms with Crippen molar-refractivity contribution in [2.24, 2.45) is 0 Å². The molecule has 1 unspecified atom stereocenters. The van der Waals surface area contributed by atoms with Crippen molar-refractivity contribution in [3.63, 3.8) is 0 Å². The fourth-order valence-electron chi connectivity index (χ4n) is 2.34. The molecule has 6 heteroatoms. The monoisotopic (exact) mass is 343 g/mol. The molecule has 0 aliphatic rings. The number of amides is 1. The van der Waals surface area contributed by atoms with Gasteiger partial charge < -0.3 is 19.9 Å². The number of carbonyl (C=O) groups excluding carboxylic acids is 1. The minimum atomic E-state index is -1.02. The molecule has 2 N–H and O–H groups in total. The summed E-state index contributed by atoms with van der Waals surface area (Å²) in [5.41, 5.74) is 1.82. The van der Waals surface area contributed by atoms with E-state index in [0.717, 1.165) is 11.1 Å². The lowest BCUT2D eigenvalue weighted by Gasteiger charge is -2.15. The highest BCUT2D eigenvalue weighted by atomic mass is 16.5. The minimum Gasteiger partial charge on any atom is -0.482 e. The molecular formula is C19H21NO5. The summed E-state index contributed by atoms with van der Waals surface area (Å²) in [5.74, 6) is -0.702. The zero-order valence-corrected chi connectivity index (χ0v) is 14.0. The molecule has 0 spiro atoms. The molecule has 0 bridgehead atoms. The van der Waals surface area contributed by atoms with E-state index in [2.05, 4.69) is 5.32 Å². The van der Waals surface area contributed by atoms with Gasteiger partial charge in [0.1, 0.15) is 5.75 Å². The van der Waals surface area contributed by atoms with E-state index < -0.39 is 12.1 Å². The molecule has 0 aliphatic heterocycles. The maximum Gasteiger partial charge on any atom is 0.341 e. The van der Waals surface area contributed by atoms with E-state index in [4.69, 9.17) is 14.6 Å². The first-order valence-corrected chi connectivity index (χ1v) is 7.89. The van der Waals surface area contributed by atoms with E-state index in [1.54, 1.807) is 12.1 Å². The molecule has 0 saturated carbocycles. The normalized spacial score (nSPS) is 11.6. The Labute approximate surface area is 146 Å². The molecule has 2 aromatic rings. The van der Waals surface area contributed by atoms with Gasteiger partial charge in [0.2, 0.25) is 0 Å². The standard InChI is InChI=1S/C19H21NO5/c1-24-18(15-5-3-2-4-6-15)19(23)20-12-11-14-7-9-16(10-8-14)25-13-17(21)22/h2-10,18H,11-13H2,1H3,(H,20,23)(H,21,22). The van der Waals surface area contributed by atoms with Crippen molar-refractivity contribution >= 4 is 11.9 Å². The molecule has 1 atom stereocenters. The van der Waals surface area contributed by atoms with Crippen LogP contribution in [0.5, 0.6) is 5.75 Å². The summed E-state index contributed by atoms with van der Waals surface area (Å²) in [4.78, 5) is 22.7. The summed E-state index contributed by atoms with van der Waals surface area (Å²) in [7, 11) is 1.51. The number of benzene rings is 2. The van der Waals surface area contributed by atoms with Crippen LogP contribution in [-0.4, -0.2) is 37.2 Å². The van der Waals surface area contributed by atoms with Crippen molar-refractivity contribution in [1.29, 1.82) is 0 Å². The summed E-state index contributed by atoms with van der Waals surface area (Å²) in [6, 6.07) is 16.4. The summed E-state index contributed by atoms with van der Waals surface area (Å²) >= 11 is 0. The first kappa shape index (κ1) is 18.5.